The topological polar surface area (TPSA) is 28.2 Å². The number of rotatable bonds is 8. The number of likely N-dealkylation sites (N-methyl/N-ethyl adjacent to an activating group) is 1. The van der Waals surface area contributed by atoms with Gasteiger partial charge >= 0.3 is 0 Å². The average molecular weight is 247 g/mol. The van der Waals surface area contributed by atoms with Crippen LogP contribution >= 0.6 is 0 Å². The van der Waals surface area contributed by atoms with Crippen molar-refractivity contribution in [3.8, 4) is 0 Å². The van der Waals surface area contributed by atoms with Crippen molar-refractivity contribution in [2.45, 2.75) is 38.8 Å². The molecular formula is C15H25N3. The van der Waals surface area contributed by atoms with Gasteiger partial charge in [-0.1, -0.05) is 13.0 Å². The summed E-state index contributed by atoms with van der Waals surface area (Å²) in [6.07, 6.45) is 5.89. The molecule has 1 unspecified atom stereocenters. The van der Waals surface area contributed by atoms with E-state index in [1.807, 2.05) is 12.3 Å². The van der Waals surface area contributed by atoms with Crippen molar-refractivity contribution in [1.29, 1.82) is 0 Å². The first-order chi connectivity index (χ1) is 8.79. The molecule has 1 heterocycles. The summed E-state index contributed by atoms with van der Waals surface area (Å²) in [5.41, 5.74) is 1.16. The van der Waals surface area contributed by atoms with Gasteiger partial charge in [-0.15, -0.1) is 0 Å². The smallest absolute Gasteiger partial charge is 0.0543 e. The maximum absolute atomic E-state index is 4.39. The number of pyridine rings is 1. The van der Waals surface area contributed by atoms with E-state index < -0.39 is 0 Å². The van der Waals surface area contributed by atoms with E-state index in [1.165, 1.54) is 19.3 Å². The molecule has 1 aliphatic rings. The van der Waals surface area contributed by atoms with E-state index >= 15 is 0 Å². The fourth-order valence-corrected chi connectivity index (χ4v) is 2.38. The molecule has 18 heavy (non-hydrogen) atoms. The first-order valence-electron chi connectivity index (χ1n) is 7.11. The Labute approximate surface area is 111 Å². The van der Waals surface area contributed by atoms with Crippen LogP contribution in [0.5, 0.6) is 0 Å². The molecule has 1 N–H and O–H groups in total. The highest BCUT2D eigenvalue weighted by Gasteiger charge is 2.31. The van der Waals surface area contributed by atoms with E-state index in [0.717, 1.165) is 31.2 Å². The number of nitrogens with one attached hydrogen (secondary N) is 1. The molecule has 1 aromatic heterocycles. The van der Waals surface area contributed by atoms with Gasteiger partial charge in [-0.25, -0.2) is 0 Å². The lowest BCUT2D eigenvalue weighted by molar-refractivity contribution is 0.265. The van der Waals surface area contributed by atoms with Crippen molar-refractivity contribution in [2.24, 2.45) is 5.92 Å². The zero-order chi connectivity index (χ0) is 12.8. The molecule has 100 valence electrons. The SMILES string of the molecule is CCCNC(CN(C)Cc1ccccn1)C1CC1. The zero-order valence-electron chi connectivity index (χ0n) is 11.6. The number of nitrogens with zero attached hydrogens (tertiary/aromatic N) is 2. The van der Waals surface area contributed by atoms with Crippen LogP contribution in [-0.4, -0.2) is 36.1 Å². The molecule has 0 aliphatic heterocycles. The number of aromatic nitrogens is 1. The standard InChI is InChI=1S/C15H25N3/c1-3-9-17-15(13-7-8-13)12-18(2)11-14-6-4-5-10-16-14/h4-6,10,13,15,17H,3,7-9,11-12H2,1-2H3. The van der Waals surface area contributed by atoms with E-state index in [2.05, 4.69) is 41.3 Å². The van der Waals surface area contributed by atoms with Crippen molar-refractivity contribution in [2.75, 3.05) is 20.1 Å². The van der Waals surface area contributed by atoms with E-state index in [1.54, 1.807) is 0 Å². The van der Waals surface area contributed by atoms with Gasteiger partial charge in [0, 0.05) is 25.3 Å². The first-order valence-corrected chi connectivity index (χ1v) is 7.11. The quantitative estimate of drug-likeness (QED) is 0.764. The van der Waals surface area contributed by atoms with Crippen molar-refractivity contribution in [3.05, 3.63) is 30.1 Å². The highest BCUT2D eigenvalue weighted by molar-refractivity contribution is 5.03. The van der Waals surface area contributed by atoms with Crippen LogP contribution in [0.1, 0.15) is 31.9 Å². The lowest BCUT2D eigenvalue weighted by Gasteiger charge is -2.24. The lowest BCUT2D eigenvalue weighted by atomic mass is 10.1. The minimum Gasteiger partial charge on any atom is -0.312 e. The molecule has 0 aromatic carbocycles. The highest BCUT2D eigenvalue weighted by Crippen LogP contribution is 2.33. The summed E-state index contributed by atoms with van der Waals surface area (Å²) in [4.78, 5) is 6.77. The molecule has 0 saturated heterocycles. The Kier molecular flexibility index (Phi) is 5.14. The van der Waals surface area contributed by atoms with E-state index in [-0.39, 0.29) is 0 Å². The van der Waals surface area contributed by atoms with Gasteiger partial charge in [-0.3, -0.25) is 9.88 Å². The van der Waals surface area contributed by atoms with Crippen LogP contribution in [0.4, 0.5) is 0 Å². The number of hydrogen-bond donors (Lipinski definition) is 1. The number of hydrogen-bond acceptors (Lipinski definition) is 3. The molecule has 0 amide bonds. The third-order valence-corrected chi connectivity index (χ3v) is 3.51. The fourth-order valence-electron chi connectivity index (χ4n) is 2.38. The van der Waals surface area contributed by atoms with Gasteiger partial charge in [0.05, 0.1) is 5.69 Å². The Bertz CT molecular complexity index is 335. The van der Waals surface area contributed by atoms with Crippen molar-refractivity contribution >= 4 is 0 Å². The van der Waals surface area contributed by atoms with Gasteiger partial charge in [0.25, 0.3) is 0 Å². The van der Waals surface area contributed by atoms with Gasteiger partial charge in [0.1, 0.15) is 0 Å². The second-order valence-electron chi connectivity index (χ2n) is 5.42. The maximum atomic E-state index is 4.39. The van der Waals surface area contributed by atoms with Gasteiger partial charge < -0.3 is 5.32 Å². The van der Waals surface area contributed by atoms with E-state index in [4.69, 9.17) is 0 Å². The Balaban J connectivity index is 1.79. The van der Waals surface area contributed by atoms with Crippen molar-refractivity contribution < 1.29 is 0 Å². The van der Waals surface area contributed by atoms with Crippen LogP contribution in [0.15, 0.2) is 24.4 Å². The monoisotopic (exact) mass is 247 g/mol. The van der Waals surface area contributed by atoms with Gasteiger partial charge in [-0.2, -0.15) is 0 Å². The molecule has 0 spiro atoms. The van der Waals surface area contributed by atoms with Gasteiger partial charge in [0.2, 0.25) is 0 Å². The van der Waals surface area contributed by atoms with Crippen LogP contribution in [0.25, 0.3) is 0 Å². The van der Waals surface area contributed by atoms with Crippen LogP contribution in [-0.2, 0) is 6.54 Å². The van der Waals surface area contributed by atoms with Crippen LogP contribution in [0.3, 0.4) is 0 Å². The van der Waals surface area contributed by atoms with Crippen molar-refractivity contribution in [1.82, 2.24) is 15.2 Å². The van der Waals surface area contributed by atoms with Gasteiger partial charge in [0.15, 0.2) is 0 Å². The summed E-state index contributed by atoms with van der Waals surface area (Å²) >= 11 is 0. The molecule has 1 saturated carbocycles. The van der Waals surface area contributed by atoms with E-state index in [9.17, 15) is 0 Å². The van der Waals surface area contributed by atoms with E-state index in [0.29, 0.717) is 6.04 Å². The molecule has 3 nitrogen and oxygen atoms in total. The molecule has 1 aromatic rings. The fraction of sp³-hybridized carbons (Fsp3) is 0.667. The maximum Gasteiger partial charge on any atom is 0.0543 e. The minimum absolute atomic E-state index is 0.665. The summed E-state index contributed by atoms with van der Waals surface area (Å²) < 4.78 is 0. The Morgan fingerprint density at radius 3 is 2.89 bits per heavy atom. The third kappa shape index (κ3) is 4.39. The molecule has 0 radical (unpaired) electrons. The molecule has 2 rings (SSSR count). The molecule has 1 fully saturated rings. The average Bonchev–Trinajstić information content (AvgIpc) is 3.20. The van der Waals surface area contributed by atoms with Crippen LogP contribution in [0, 0.1) is 5.92 Å². The molecule has 0 bridgehead atoms. The predicted octanol–water partition coefficient (Wildman–Crippen LogP) is 2.29. The predicted molar refractivity (Wildman–Crippen MR) is 75.4 cm³/mol. The zero-order valence-corrected chi connectivity index (χ0v) is 11.6. The van der Waals surface area contributed by atoms with Crippen LogP contribution < -0.4 is 5.32 Å². The molecule has 3 heteroatoms. The lowest BCUT2D eigenvalue weighted by Crippen LogP contribution is -2.41. The van der Waals surface area contributed by atoms with Gasteiger partial charge in [-0.05, 0) is 50.9 Å². The summed E-state index contributed by atoms with van der Waals surface area (Å²) in [5.74, 6) is 0.905. The first kappa shape index (κ1) is 13.5. The Morgan fingerprint density at radius 2 is 2.28 bits per heavy atom. The minimum atomic E-state index is 0.665. The molecular weight excluding hydrogens is 222 g/mol. The van der Waals surface area contributed by atoms with Crippen molar-refractivity contribution in [3.63, 3.8) is 0 Å². The second-order valence-corrected chi connectivity index (χ2v) is 5.42. The third-order valence-electron chi connectivity index (χ3n) is 3.51. The molecule has 1 atom stereocenters. The summed E-state index contributed by atoms with van der Waals surface area (Å²) in [5, 5.41) is 3.69. The Morgan fingerprint density at radius 1 is 1.44 bits per heavy atom. The normalized spacial score (nSPS) is 17.1. The Hall–Kier alpha value is -0.930. The summed E-state index contributed by atoms with van der Waals surface area (Å²) in [6.45, 7) is 5.44. The second kappa shape index (κ2) is 6.86. The molecule has 1 aliphatic carbocycles. The summed E-state index contributed by atoms with van der Waals surface area (Å²) in [6, 6.07) is 6.80. The highest BCUT2D eigenvalue weighted by atomic mass is 15.1. The summed E-state index contributed by atoms with van der Waals surface area (Å²) in [7, 11) is 2.19. The largest absolute Gasteiger partial charge is 0.312 e. The van der Waals surface area contributed by atoms with Crippen LogP contribution in [0.2, 0.25) is 0 Å².